The zero-order valence-electron chi connectivity index (χ0n) is 10.4. The predicted molar refractivity (Wildman–Crippen MR) is 78.9 cm³/mol. The number of aromatic nitrogens is 2. The third kappa shape index (κ3) is 2.60. The van der Waals surface area contributed by atoms with Gasteiger partial charge in [0.15, 0.2) is 0 Å². The van der Waals surface area contributed by atoms with Gasteiger partial charge in [-0.05, 0) is 24.3 Å². The molecule has 1 aromatic carbocycles. The van der Waals surface area contributed by atoms with E-state index in [1.54, 1.807) is 24.3 Å². The lowest BCUT2D eigenvalue weighted by Gasteiger charge is -2.05. The van der Waals surface area contributed by atoms with Gasteiger partial charge in [0.25, 0.3) is 5.91 Å². The van der Waals surface area contributed by atoms with Crippen LogP contribution in [0.15, 0.2) is 54.6 Å². The van der Waals surface area contributed by atoms with Crippen LogP contribution in [0.4, 0.5) is 5.82 Å². The smallest absolute Gasteiger partial charge is 0.275 e. The number of carbonyl (C=O) groups excluding carboxylic acids is 1. The number of halogens is 1. The molecule has 2 aromatic heterocycles. The van der Waals surface area contributed by atoms with Crippen molar-refractivity contribution in [1.82, 2.24) is 9.97 Å². The molecule has 5 heteroatoms. The van der Waals surface area contributed by atoms with E-state index >= 15 is 0 Å². The molecule has 0 aliphatic carbocycles. The molecule has 98 valence electrons. The Bertz CT molecular complexity index is 789. The highest BCUT2D eigenvalue weighted by Crippen LogP contribution is 2.14. The Hall–Kier alpha value is -2.46. The molecule has 0 unspecified atom stereocenters. The highest BCUT2D eigenvalue weighted by Gasteiger charge is 2.09. The topological polar surface area (TPSA) is 54.9 Å². The summed E-state index contributed by atoms with van der Waals surface area (Å²) in [7, 11) is 0. The van der Waals surface area contributed by atoms with Crippen molar-refractivity contribution in [3.63, 3.8) is 0 Å². The van der Waals surface area contributed by atoms with Gasteiger partial charge in [-0.3, -0.25) is 4.79 Å². The molecule has 1 amide bonds. The molecule has 0 aliphatic rings. The van der Waals surface area contributed by atoms with E-state index in [-0.39, 0.29) is 5.91 Å². The number of nitrogens with one attached hydrogen (secondary N) is 1. The van der Waals surface area contributed by atoms with Gasteiger partial charge < -0.3 is 5.32 Å². The largest absolute Gasteiger partial charge is 0.305 e. The fourth-order valence-corrected chi connectivity index (χ4v) is 2.01. The van der Waals surface area contributed by atoms with Gasteiger partial charge in [0.1, 0.15) is 16.7 Å². The first-order valence-electron chi connectivity index (χ1n) is 6.02. The molecule has 0 spiro atoms. The van der Waals surface area contributed by atoms with Crippen molar-refractivity contribution >= 4 is 34.2 Å². The van der Waals surface area contributed by atoms with E-state index in [2.05, 4.69) is 15.3 Å². The van der Waals surface area contributed by atoms with Crippen molar-refractivity contribution in [3.8, 4) is 0 Å². The van der Waals surface area contributed by atoms with Crippen LogP contribution in [0, 0.1) is 0 Å². The Morgan fingerprint density at radius 2 is 1.80 bits per heavy atom. The lowest BCUT2D eigenvalue weighted by Crippen LogP contribution is -2.14. The first kappa shape index (κ1) is 12.6. The average molecular weight is 284 g/mol. The van der Waals surface area contributed by atoms with Crippen molar-refractivity contribution < 1.29 is 4.79 Å². The van der Waals surface area contributed by atoms with Crippen LogP contribution in [0.2, 0.25) is 5.15 Å². The van der Waals surface area contributed by atoms with Gasteiger partial charge in [-0.25, -0.2) is 9.97 Å². The maximum absolute atomic E-state index is 12.1. The van der Waals surface area contributed by atoms with E-state index in [1.165, 1.54) is 0 Å². The molecule has 3 rings (SSSR count). The monoisotopic (exact) mass is 283 g/mol. The third-order valence-electron chi connectivity index (χ3n) is 2.79. The fraction of sp³-hybridized carbons (Fsp3) is 0. The normalized spacial score (nSPS) is 10.4. The Morgan fingerprint density at radius 3 is 2.65 bits per heavy atom. The molecular formula is C15H10ClN3O. The third-order valence-corrected chi connectivity index (χ3v) is 3.00. The summed E-state index contributed by atoms with van der Waals surface area (Å²) in [5, 5.41) is 3.99. The lowest BCUT2D eigenvalue weighted by molar-refractivity contribution is 0.102. The first-order valence-corrected chi connectivity index (χ1v) is 6.40. The van der Waals surface area contributed by atoms with Crippen molar-refractivity contribution in [2.45, 2.75) is 0 Å². The molecule has 4 nitrogen and oxygen atoms in total. The summed E-state index contributed by atoms with van der Waals surface area (Å²) in [6.45, 7) is 0. The summed E-state index contributed by atoms with van der Waals surface area (Å²) in [5.74, 6) is 0.0861. The molecule has 3 aromatic rings. The summed E-state index contributed by atoms with van der Waals surface area (Å²) in [4.78, 5) is 20.4. The highest BCUT2D eigenvalue weighted by molar-refractivity contribution is 6.29. The van der Waals surface area contributed by atoms with Crippen molar-refractivity contribution in [1.29, 1.82) is 0 Å². The predicted octanol–water partition coefficient (Wildman–Crippen LogP) is 3.54. The number of rotatable bonds is 2. The second-order valence-corrected chi connectivity index (χ2v) is 4.58. The number of carbonyl (C=O) groups is 1. The maximum Gasteiger partial charge on any atom is 0.275 e. The molecule has 20 heavy (non-hydrogen) atoms. The first-order chi connectivity index (χ1) is 9.72. The Morgan fingerprint density at radius 1 is 0.950 bits per heavy atom. The molecule has 1 N–H and O–H groups in total. The number of benzene rings is 1. The van der Waals surface area contributed by atoms with Gasteiger partial charge in [0.2, 0.25) is 0 Å². The number of para-hydroxylation sites is 1. The van der Waals surface area contributed by atoms with Crippen molar-refractivity contribution in [3.05, 3.63) is 65.4 Å². The molecule has 0 fully saturated rings. The number of anilines is 1. The van der Waals surface area contributed by atoms with Crippen LogP contribution in [-0.2, 0) is 0 Å². The fourth-order valence-electron chi connectivity index (χ4n) is 1.85. The Kier molecular flexibility index (Phi) is 3.31. The van der Waals surface area contributed by atoms with E-state index < -0.39 is 0 Å². The number of fused-ring (bicyclic) bond motifs is 1. The van der Waals surface area contributed by atoms with Gasteiger partial charge in [0.05, 0.1) is 5.52 Å². The zero-order valence-corrected chi connectivity index (χ0v) is 11.1. The van der Waals surface area contributed by atoms with Crippen LogP contribution in [0.1, 0.15) is 10.5 Å². The minimum Gasteiger partial charge on any atom is -0.305 e. The molecular weight excluding hydrogens is 274 g/mol. The Labute approximate surface area is 120 Å². The quantitative estimate of drug-likeness (QED) is 0.732. The molecule has 0 radical (unpaired) electrons. The van der Waals surface area contributed by atoms with Gasteiger partial charge >= 0.3 is 0 Å². The van der Waals surface area contributed by atoms with E-state index in [9.17, 15) is 4.79 Å². The minimum atomic E-state index is -0.314. The molecule has 0 atom stereocenters. The summed E-state index contributed by atoms with van der Waals surface area (Å²) in [5.41, 5.74) is 1.12. The number of hydrogen-bond acceptors (Lipinski definition) is 3. The molecule has 0 saturated heterocycles. The number of nitrogens with zero attached hydrogens (tertiary/aromatic N) is 2. The van der Waals surface area contributed by atoms with Gasteiger partial charge in [-0.15, -0.1) is 0 Å². The summed E-state index contributed by atoms with van der Waals surface area (Å²) in [6.07, 6.45) is 0. The van der Waals surface area contributed by atoms with Crippen LogP contribution >= 0.6 is 11.6 Å². The van der Waals surface area contributed by atoms with Crippen LogP contribution in [-0.4, -0.2) is 15.9 Å². The van der Waals surface area contributed by atoms with Gasteiger partial charge in [-0.1, -0.05) is 41.9 Å². The summed E-state index contributed by atoms with van der Waals surface area (Å²) < 4.78 is 0. The zero-order chi connectivity index (χ0) is 13.9. The van der Waals surface area contributed by atoms with E-state index in [0.29, 0.717) is 16.7 Å². The van der Waals surface area contributed by atoms with Gasteiger partial charge in [-0.2, -0.15) is 0 Å². The number of hydrogen-bond donors (Lipinski definition) is 1. The van der Waals surface area contributed by atoms with Crippen molar-refractivity contribution in [2.75, 3.05) is 5.32 Å². The van der Waals surface area contributed by atoms with Crippen LogP contribution < -0.4 is 5.32 Å². The second kappa shape index (κ2) is 5.27. The molecule has 0 aliphatic heterocycles. The van der Waals surface area contributed by atoms with Crippen LogP contribution in [0.25, 0.3) is 10.9 Å². The summed E-state index contributed by atoms with van der Waals surface area (Å²) in [6, 6.07) is 16.2. The van der Waals surface area contributed by atoms with E-state index in [1.807, 2.05) is 30.3 Å². The molecule has 2 heterocycles. The summed E-state index contributed by atoms with van der Waals surface area (Å²) >= 11 is 5.77. The minimum absolute atomic E-state index is 0.314. The van der Waals surface area contributed by atoms with Gasteiger partial charge in [0, 0.05) is 5.39 Å². The SMILES string of the molecule is O=C(Nc1cccc(Cl)n1)c1ccc2ccccc2n1. The average Bonchev–Trinajstić information content (AvgIpc) is 2.47. The molecule has 0 saturated carbocycles. The maximum atomic E-state index is 12.1. The molecule has 0 bridgehead atoms. The second-order valence-electron chi connectivity index (χ2n) is 4.19. The van der Waals surface area contributed by atoms with Crippen molar-refractivity contribution in [2.24, 2.45) is 0 Å². The van der Waals surface area contributed by atoms with Crippen LogP contribution in [0.3, 0.4) is 0 Å². The Balaban J connectivity index is 1.88. The van der Waals surface area contributed by atoms with E-state index in [0.717, 1.165) is 10.9 Å². The number of amides is 1. The highest BCUT2D eigenvalue weighted by atomic mass is 35.5. The standard InChI is InChI=1S/C15H10ClN3O/c16-13-6-3-7-14(18-13)19-15(20)12-9-8-10-4-1-2-5-11(10)17-12/h1-9H,(H,18,19,20). The lowest BCUT2D eigenvalue weighted by atomic mass is 10.2. The van der Waals surface area contributed by atoms with Crippen LogP contribution in [0.5, 0.6) is 0 Å². The van der Waals surface area contributed by atoms with E-state index in [4.69, 9.17) is 11.6 Å². The number of pyridine rings is 2.